The quantitative estimate of drug-likeness (QED) is 0.561. The normalized spacial score (nSPS) is 15.1. The molecule has 1 N–H and O–H groups in total. The number of nitrogens with zero attached hydrogens (tertiary/aromatic N) is 3. The molecule has 7 nitrogen and oxygen atoms in total. The molecule has 32 heavy (non-hydrogen) atoms. The van der Waals surface area contributed by atoms with Gasteiger partial charge < -0.3 is 5.32 Å². The third-order valence-corrected chi connectivity index (χ3v) is 5.56. The van der Waals surface area contributed by atoms with Gasteiger partial charge in [0.2, 0.25) is 5.91 Å². The number of hydrogen-bond donors (Lipinski definition) is 1. The number of aromatic nitrogens is 2. The summed E-state index contributed by atoms with van der Waals surface area (Å²) in [4.78, 5) is 38.3. The number of benzene rings is 2. The van der Waals surface area contributed by atoms with Gasteiger partial charge in [-0.15, -0.1) is 0 Å². The van der Waals surface area contributed by atoms with Crippen LogP contribution in [0.3, 0.4) is 0 Å². The van der Waals surface area contributed by atoms with E-state index in [2.05, 4.69) is 10.4 Å². The summed E-state index contributed by atoms with van der Waals surface area (Å²) >= 11 is 0.906. The van der Waals surface area contributed by atoms with Crippen LogP contribution in [0.2, 0.25) is 0 Å². The Labute approximate surface area is 189 Å². The SMILES string of the molecule is O=C(/C=C/c1cnn(-c2ccccc2)c1)NCCN1C(=O)S/C(=C\c2ccccc2)C1=O. The Morgan fingerprint density at radius 3 is 2.47 bits per heavy atom. The average Bonchev–Trinajstić information content (AvgIpc) is 3.39. The minimum Gasteiger partial charge on any atom is -0.351 e. The van der Waals surface area contributed by atoms with Gasteiger partial charge in [0.25, 0.3) is 11.1 Å². The zero-order chi connectivity index (χ0) is 22.3. The van der Waals surface area contributed by atoms with Crippen LogP contribution in [-0.4, -0.2) is 44.8 Å². The second-order valence-electron chi connectivity index (χ2n) is 6.92. The third-order valence-electron chi connectivity index (χ3n) is 4.66. The molecule has 0 saturated carbocycles. The largest absolute Gasteiger partial charge is 0.351 e. The molecule has 8 heteroatoms. The van der Waals surface area contributed by atoms with Crippen molar-refractivity contribution in [1.82, 2.24) is 20.0 Å². The van der Waals surface area contributed by atoms with Crippen LogP contribution >= 0.6 is 11.8 Å². The molecular weight excluding hydrogens is 424 g/mol. The van der Waals surface area contributed by atoms with E-state index in [1.54, 1.807) is 23.0 Å². The fourth-order valence-corrected chi connectivity index (χ4v) is 3.92. The molecular formula is C24H20N4O3S. The predicted octanol–water partition coefficient (Wildman–Crippen LogP) is 3.74. The second-order valence-corrected chi connectivity index (χ2v) is 7.92. The van der Waals surface area contributed by atoms with Crippen LogP contribution in [0.1, 0.15) is 11.1 Å². The molecule has 0 atom stereocenters. The van der Waals surface area contributed by atoms with Gasteiger partial charge in [0.1, 0.15) is 0 Å². The smallest absolute Gasteiger partial charge is 0.293 e. The molecule has 1 fully saturated rings. The minimum absolute atomic E-state index is 0.113. The summed E-state index contributed by atoms with van der Waals surface area (Å²) in [5.41, 5.74) is 2.56. The fourth-order valence-electron chi connectivity index (χ4n) is 3.06. The first-order chi connectivity index (χ1) is 15.6. The van der Waals surface area contributed by atoms with Gasteiger partial charge in [-0.2, -0.15) is 5.10 Å². The molecule has 160 valence electrons. The van der Waals surface area contributed by atoms with E-state index < -0.39 is 0 Å². The lowest BCUT2D eigenvalue weighted by atomic mass is 10.2. The van der Waals surface area contributed by atoms with Crippen LogP contribution < -0.4 is 5.32 Å². The number of hydrogen-bond acceptors (Lipinski definition) is 5. The summed E-state index contributed by atoms with van der Waals surface area (Å²) in [6.07, 6.45) is 8.23. The molecule has 0 spiro atoms. The summed E-state index contributed by atoms with van der Waals surface area (Å²) in [6, 6.07) is 19.0. The number of nitrogens with one attached hydrogen (secondary N) is 1. The lowest BCUT2D eigenvalue weighted by molar-refractivity contribution is -0.123. The maximum Gasteiger partial charge on any atom is 0.293 e. The minimum atomic E-state index is -0.345. The lowest BCUT2D eigenvalue weighted by Crippen LogP contribution is -2.36. The van der Waals surface area contributed by atoms with Crippen molar-refractivity contribution in [2.45, 2.75) is 0 Å². The molecule has 2 heterocycles. The number of carbonyl (C=O) groups is 3. The number of rotatable bonds is 7. The van der Waals surface area contributed by atoms with E-state index in [9.17, 15) is 14.4 Å². The van der Waals surface area contributed by atoms with Crippen LogP contribution in [0, 0.1) is 0 Å². The van der Waals surface area contributed by atoms with Crippen molar-refractivity contribution in [2.24, 2.45) is 0 Å². The highest BCUT2D eigenvalue weighted by Crippen LogP contribution is 2.31. The molecule has 2 aromatic carbocycles. The highest BCUT2D eigenvalue weighted by molar-refractivity contribution is 8.18. The molecule has 0 unspecified atom stereocenters. The number of amides is 3. The molecule has 0 bridgehead atoms. The van der Waals surface area contributed by atoms with Crippen molar-refractivity contribution < 1.29 is 14.4 Å². The third kappa shape index (κ3) is 5.22. The van der Waals surface area contributed by atoms with Gasteiger partial charge in [-0.25, -0.2) is 4.68 Å². The van der Waals surface area contributed by atoms with Crippen LogP contribution in [0.25, 0.3) is 17.8 Å². The van der Waals surface area contributed by atoms with E-state index in [0.717, 1.165) is 33.5 Å². The van der Waals surface area contributed by atoms with E-state index >= 15 is 0 Å². The van der Waals surface area contributed by atoms with Crippen LogP contribution in [-0.2, 0) is 9.59 Å². The van der Waals surface area contributed by atoms with Gasteiger partial charge in [-0.3, -0.25) is 19.3 Å². The van der Waals surface area contributed by atoms with Crippen molar-refractivity contribution in [3.63, 3.8) is 0 Å². The van der Waals surface area contributed by atoms with Crippen LogP contribution in [0.5, 0.6) is 0 Å². The fraction of sp³-hybridized carbons (Fsp3) is 0.0833. The van der Waals surface area contributed by atoms with Crippen molar-refractivity contribution >= 4 is 41.0 Å². The average molecular weight is 445 g/mol. The van der Waals surface area contributed by atoms with Gasteiger partial charge in [-0.05, 0) is 41.6 Å². The molecule has 0 aliphatic carbocycles. The van der Waals surface area contributed by atoms with Crippen molar-refractivity contribution in [1.29, 1.82) is 0 Å². The van der Waals surface area contributed by atoms with Gasteiger partial charge >= 0.3 is 0 Å². The van der Waals surface area contributed by atoms with E-state index in [0.29, 0.717) is 4.91 Å². The van der Waals surface area contributed by atoms with E-state index in [1.807, 2.05) is 66.9 Å². The summed E-state index contributed by atoms with van der Waals surface area (Å²) in [6.45, 7) is 0.283. The Morgan fingerprint density at radius 1 is 1.00 bits per heavy atom. The Balaban J connectivity index is 1.28. The maximum absolute atomic E-state index is 12.5. The van der Waals surface area contributed by atoms with Crippen molar-refractivity contribution in [3.8, 4) is 5.69 Å². The number of para-hydroxylation sites is 1. The monoisotopic (exact) mass is 444 g/mol. The zero-order valence-electron chi connectivity index (χ0n) is 17.0. The van der Waals surface area contributed by atoms with Crippen LogP contribution in [0.4, 0.5) is 4.79 Å². The molecule has 0 radical (unpaired) electrons. The van der Waals surface area contributed by atoms with Crippen molar-refractivity contribution in [2.75, 3.05) is 13.1 Å². The first-order valence-corrected chi connectivity index (χ1v) is 10.8. The van der Waals surface area contributed by atoms with Crippen molar-refractivity contribution in [3.05, 3.63) is 95.2 Å². The van der Waals surface area contributed by atoms with E-state index in [4.69, 9.17) is 0 Å². The lowest BCUT2D eigenvalue weighted by Gasteiger charge is -2.12. The second kappa shape index (κ2) is 9.93. The number of thioether (sulfide) groups is 1. The Morgan fingerprint density at radius 2 is 1.72 bits per heavy atom. The standard InChI is InChI=1S/C24H20N4O3S/c29-22(12-11-19-16-26-28(17-19)20-9-5-2-6-10-20)25-13-14-27-23(30)21(32-24(27)31)15-18-7-3-1-4-8-18/h1-12,15-17H,13-14H2,(H,25,29)/b12-11+,21-15-. The Hall–Kier alpha value is -3.91. The summed E-state index contributed by atoms with van der Waals surface area (Å²) in [5.74, 6) is -0.661. The maximum atomic E-state index is 12.5. The molecule has 1 aromatic heterocycles. The zero-order valence-corrected chi connectivity index (χ0v) is 17.9. The molecule has 3 amide bonds. The summed E-state index contributed by atoms with van der Waals surface area (Å²) in [5, 5.41) is 6.64. The molecule has 1 aliphatic heterocycles. The highest BCUT2D eigenvalue weighted by atomic mass is 32.2. The van der Waals surface area contributed by atoms with Gasteiger partial charge in [-0.1, -0.05) is 48.5 Å². The molecule has 1 aliphatic rings. The molecule has 3 aromatic rings. The molecule has 4 rings (SSSR count). The Kier molecular flexibility index (Phi) is 6.62. The summed E-state index contributed by atoms with van der Waals surface area (Å²) in [7, 11) is 0. The van der Waals surface area contributed by atoms with Gasteiger partial charge in [0.05, 0.1) is 16.8 Å². The molecule has 1 saturated heterocycles. The summed E-state index contributed by atoms with van der Waals surface area (Å²) < 4.78 is 1.72. The number of imide groups is 1. The van der Waals surface area contributed by atoms with Gasteiger partial charge in [0.15, 0.2) is 0 Å². The van der Waals surface area contributed by atoms with Gasteiger partial charge in [0, 0.05) is 30.9 Å². The first-order valence-electron chi connectivity index (χ1n) is 9.96. The topological polar surface area (TPSA) is 84.3 Å². The van der Waals surface area contributed by atoms with E-state index in [-0.39, 0.29) is 30.1 Å². The van der Waals surface area contributed by atoms with E-state index in [1.165, 1.54) is 6.08 Å². The highest BCUT2D eigenvalue weighted by Gasteiger charge is 2.34. The number of carbonyl (C=O) groups excluding carboxylic acids is 3. The predicted molar refractivity (Wildman–Crippen MR) is 125 cm³/mol. The first kappa shape index (κ1) is 21.3. The van der Waals surface area contributed by atoms with Crippen LogP contribution in [0.15, 0.2) is 84.0 Å². The Bertz CT molecular complexity index is 1190.